The quantitative estimate of drug-likeness (QED) is 0.657. The van der Waals surface area contributed by atoms with Crippen molar-refractivity contribution in [3.05, 3.63) is 59.5 Å². The number of hydrogen-bond acceptors (Lipinski definition) is 4. The molecule has 1 aromatic rings. The fourth-order valence-electron chi connectivity index (χ4n) is 1.22. The van der Waals surface area contributed by atoms with Crippen LogP contribution in [0.4, 0.5) is 4.39 Å². The van der Waals surface area contributed by atoms with Gasteiger partial charge in [0.2, 0.25) is 5.78 Å². The first-order valence-electron chi connectivity index (χ1n) is 5.09. The van der Waals surface area contributed by atoms with E-state index in [0.29, 0.717) is 5.03 Å². The van der Waals surface area contributed by atoms with Gasteiger partial charge in [0.25, 0.3) is 0 Å². The number of rotatable bonds is 5. The van der Waals surface area contributed by atoms with Gasteiger partial charge in [0.1, 0.15) is 11.5 Å². The minimum absolute atomic E-state index is 0.0387. The van der Waals surface area contributed by atoms with Gasteiger partial charge < -0.3 is 5.73 Å². The Morgan fingerprint density at radius 3 is 2.72 bits per heavy atom. The molecule has 0 atom stereocenters. The van der Waals surface area contributed by atoms with Crippen LogP contribution in [0, 0.1) is 5.82 Å². The Kier molecular flexibility index (Phi) is 5.32. The molecule has 1 aromatic carbocycles. The normalized spacial score (nSPS) is 11.8. The van der Waals surface area contributed by atoms with E-state index in [1.165, 1.54) is 42.2 Å². The summed E-state index contributed by atoms with van der Waals surface area (Å²) in [5.41, 5.74) is 5.28. The molecular weight excluding hydrogens is 251 g/mol. The minimum Gasteiger partial charge on any atom is -0.405 e. The first kappa shape index (κ1) is 14.2. The molecule has 3 nitrogen and oxygen atoms in total. The van der Waals surface area contributed by atoms with Crippen LogP contribution in [-0.4, -0.2) is 17.8 Å². The lowest BCUT2D eigenvalue weighted by Gasteiger charge is -2.03. The second-order valence-corrected chi connectivity index (χ2v) is 4.14. The SMILES string of the molecule is C=C(/N=C(\C=C/N)C(=O)c1ccccc1F)SC. The number of allylic oxidation sites excluding steroid dienone is 1. The number of carbonyl (C=O) groups is 1. The molecule has 0 aliphatic carbocycles. The maximum absolute atomic E-state index is 13.5. The summed E-state index contributed by atoms with van der Waals surface area (Å²) in [5.74, 6) is -1.11. The number of carbonyl (C=O) groups excluding carboxylic acids is 1. The van der Waals surface area contributed by atoms with Crippen LogP contribution in [0.5, 0.6) is 0 Å². The molecule has 0 aromatic heterocycles. The Morgan fingerprint density at radius 2 is 2.17 bits per heavy atom. The van der Waals surface area contributed by atoms with Crippen LogP contribution in [-0.2, 0) is 0 Å². The largest absolute Gasteiger partial charge is 0.405 e. The Morgan fingerprint density at radius 1 is 1.50 bits per heavy atom. The Labute approximate surface area is 109 Å². The van der Waals surface area contributed by atoms with Crippen LogP contribution in [0.2, 0.25) is 0 Å². The first-order valence-corrected chi connectivity index (χ1v) is 6.31. The number of nitrogens with two attached hydrogens (primary N) is 1. The third-order valence-electron chi connectivity index (χ3n) is 2.09. The van der Waals surface area contributed by atoms with Gasteiger partial charge in [-0.1, -0.05) is 18.7 Å². The predicted molar refractivity (Wildman–Crippen MR) is 74.1 cm³/mol. The summed E-state index contributed by atoms with van der Waals surface area (Å²) in [5, 5.41) is 0.452. The molecule has 0 fully saturated rings. The molecule has 94 valence electrons. The fourth-order valence-corrected chi connectivity index (χ4v) is 1.41. The third-order valence-corrected chi connectivity index (χ3v) is 2.65. The Hall–Kier alpha value is -1.88. The van der Waals surface area contributed by atoms with E-state index < -0.39 is 11.6 Å². The van der Waals surface area contributed by atoms with Gasteiger partial charge in [-0.05, 0) is 30.7 Å². The van der Waals surface area contributed by atoms with Crippen molar-refractivity contribution in [3.8, 4) is 0 Å². The van der Waals surface area contributed by atoms with Crippen molar-refractivity contribution in [2.45, 2.75) is 0 Å². The molecule has 5 heteroatoms. The summed E-state index contributed by atoms with van der Waals surface area (Å²) in [4.78, 5) is 16.1. The van der Waals surface area contributed by atoms with E-state index in [9.17, 15) is 9.18 Å². The number of aliphatic imine (C=N–C) groups is 1. The molecule has 0 aliphatic rings. The second-order valence-electron chi connectivity index (χ2n) is 3.26. The molecule has 0 saturated carbocycles. The van der Waals surface area contributed by atoms with Gasteiger partial charge in [-0.2, -0.15) is 0 Å². The van der Waals surface area contributed by atoms with Gasteiger partial charge >= 0.3 is 0 Å². The lowest BCUT2D eigenvalue weighted by Crippen LogP contribution is -2.14. The highest BCUT2D eigenvalue weighted by atomic mass is 32.2. The average Bonchev–Trinajstić information content (AvgIpc) is 2.38. The Bertz CT molecular complexity index is 523. The van der Waals surface area contributed by atoms with Crippen molar-refractivity contribution in [1.82, 2.24) is 0 Å². The van der Waals surface area contributed by atoms with E-state index >= 15 is 0 Å². The van der Waals surface area contributed by atoms with Crippen molar-refractivity contribution in [2.24, 2.45) is 10.7 Å². The van der Waals surface area contributed by atoms with Crippen molar-refractivity contribution in [3.63, 3.8) is 0 Å². The van der Waals surface area contributed by atoms with Crippen molar-refractivity contribution in [1.29, 1.82) is 0 Å². The zero-order chi connectivity index (χ0) is 13.5. The highest BCUT2D eigenvalue weighted by Gasteiger charge is 2.15. The zero-order valence-electron chi connectivity index (χ0n) is 9.89. The topological polar surface area (TPSA) is 55.4 Å². The number of Topliss-reactive ketones (excluding diaryl/α,β-unsaturated/α-hetero) is 1. The van der Waals surface area contributed by atoms with Crippen LogP contribution in [0.15, 0.2) is 53.1 Å². The first-order chi connectivity index (χ1) is 8.60. The van der Waals surface area contributed by atoms with E-state index in [2.05, 4.69) is 11.6 Å². The maximum atomic E-state index is 13.5. The van der Waals surface area contributed by atoms with Crippen LogP contribution >= 0.6 is 11.8 Å². The predicted octanol–water partition coefficient (Wildman–Crippen LogP) is 2.76. The summed E-state index contributed by atoms with van der Waals surface area (Å²) >= 11 is 1.29. The van der Waals surface area contributed by atoms with Gasteiger partial charge in [-0.15, -0.1) is 11.8 Å². The van der Waals surface area contributed by atoms with E-state index in [1.807, 2.05) is 0 Å². The van der Waals surface area contributed by atoms with Gasteiger partial charge in [-0.25, -0.2) is 9.38 Å². The monoisotopic (exact) mass is 264 g/mol. The second kappa shape index (κ2) is 6.76. The summed E-state index contributed by atoms with van der Waals surface area (Å²) in [6.07, 6.45) is 4.30. The van der Waals surface area contributed by atoms with Crippen LogP contribution in [0.1, 0.15) is 10.4 Å². The fraction of sp³-hybridized carbons (Fsp3) is 0.0769. The van der Waals surface area contributed by atoms with E-state index in [-0.39, 0.29) is 11.3 Å². The molecular formula is C13H13FN2OS. The molecule has 0 saturated heterocycles. The molecule has 0 aliphatic heterocycles. The minimum atomic E-state index is -0.588. The number of thioether (sulfide) groups is 1. The number of benzene rings is 1. The van der Waals surface area contributed by atoms with Gasteiger partial charge in [0, 0.05) is 0 Å². The van der Waals surface area contributed by atoms with Crippen molar-refractivity contribution >= 4 is 23.3 Å². The van der Waals surface area contributed by atoms with E-state index in [1.54, 1.807) is 12.3 Å². The molecule has 0 unspecified atom stereocenters. The summed E-state index contributed by atoms with van der Waals surface area (Å²) in [6, 6.07) is 5.73. The van der Waals surface area contributed by atoms with Crippen LogP contribution in [0.3, 0.4) is 0 Å². The number of halogens is 1. The van der Waals surface area contributed by atoms with E-state index in [0.717, 1.165) is 0 Å². The number of ketones is 1. The third kappa shape index (κ3) is 3.56. The van der Waals surface area contributed by atoms with E-state index in [4.69, 9.17) is 5.73 Å². The molecule has 18 heavy (non-hydrogen) atoms. The molecule has 2 N–H and O–H groups in total. The van der Waals surface area contributed by atoms with Gasteiger partial charge in [0.05, 0.1) is 10.6 Å². The highest BCUT2D eigenvalue weighted by molar-refractivity contribution is 8.02. The zero-order valence-corrected chi connectivity index (χ0v) is 10.7. The van der Waals surface area contributed by atoms with Crippen molar-refractivity contribution in [2.75, 3.05) is 6.26 Å². The smallest absolute Gasteiger partial charge is 0.214 e. The van der Waals surface area contributed by atoms with Gasteiger partial charge in [-0.3, -0.25) is 4.79 Å². The molecule has 0 amide bonds. The molecule has 0 spiro atoms. The lowest BCUT2D eigenvalue weighted by atomic mass is 10.1. The average molecular weight is 264 g/mol. The number of hydrogen-bond donors (Lipinski definition) is 1. The summed E-state index contributed by atoms with van der Waals surface area (Å²) in [7, 11) is 0. The molecule has 0 bridgehead atoms. The Balaban J connectivity index is 3.16. The standard InChI is InChI=1S/C13H13FN2OS/c1-9(18-2)16-12(7-8-15)13(17)10-5-3-4-6-11(10)14/h3-8H,1,15H2,2H3/b8-7-,16-12+. The summed E-state index contributed by atoms with van der Waals surface area (Å²) < 4.78 is 13.5. The highest BCUT2D eigenvalue weighted by Crippen LogP contribution is 2.13. The maximum Gasteiger partial charge on any atom is 0.214 e. The van der Waals surface area contributed by atoms with Crippen LogP contribution in [0.25, 0.3) is 0 Å². The molecule has 0 radical (unpaired) electrons. The lowest BCUT2D eigenvalue weighted by molar-refractivity contribution is 0.106. The van der Waals surface area contributed by atoms with Gasteiger partial charge in [0.15, 0.2) is 0 Å². The number of nitrogens with zero attached hydrogens (tertiary/aromatic N) is 1. The van der Waals surface area contributed by atoms with Crippen molar-refractivity contribution < 1.29 is 9.18 Å². The summed E-state index contributed by atoms with van der Waals surface area (Å²) in [6.45, 7) is 3.65. The van der Waals surface area contributed by atoms with Crippen LogP contribution < -0.4 is 5.73 Å². The molecule has 0 heterocycles. The molecule has 1 rings (SSSR count).